The highest BCUT2D eigenvalue weighted by Crippen LogP contribution is 2.36. The van der Waals surface area contributed by atoms with E-state index in [9.17, 15) is 0 Å². The molecular formula is C12H17N3O2. The summed E-state index contributed by atoms with van der Waals surface area (Å²) in [5.74, 6) is 0.793. The molecule has 92 valence electrons. The Morgan fingerprint density at radius 1 is 1.41 bits per heavy atom. The Bertz CT molecular complexity index is 379. The number of hydrogen-bond donors (Lipinski definition) is 0. The van der Waals surface area contributed by atoms with E-state index in [1.807, 2.05) is 6.07 Å². The molecule has 0 radical (unpaired) electrons. The molecule has 17 heavy (non-hydrogen) atoms. The molecule has 1 aromatic rings. The molecule has 0 N–H and O–H groups in total. The molecule has 5 heteroatoms. The van der Waals surface area contributed by atoms with Crippen LogP contribution in [0.5, 0.6) is 0 Å². The number of nitrogens with zero attached hydrogens (tertiary/aromatic N) is 3. The molecule has 3 rings (SSSR count). The lowest BCUT2D eigenvalue weighted by molar-refractivity contribution is -0.138. The van der Waals surface area contributed by atoms with Crippen LogP contribution in [-0.4, -0.2) is 48.5 Å². The fourth-order valence-electron chi connectivity index (χ4n) is 2.65. The van der Waals surface area contributed by atoms with Gasteiger partial charge in [-0.05, 0) is 12.5 Å². The summed E-state index contributed by atoms with van der Waals surface area (Å²) < 4.78 is 11.3. The molecule has 0 unspecified atom stereocenters. The molecule has 5 nitrogen and oxygen atoms in total. The summed E-state index contributed by atoms with van der Waals surface area (Å²) in [6, 6.07) is 1.83. The smallest absolute Gasteiger partial charge is 0.225 e. The number of rotatable bonds is 2. The van der Waals surface area contributed by atoms with E-state index < -0.39 is 0 Å². The molecule has 2 aliphatic rings. The van der Waals surface area contributed by atoms with Crippen LogP contribution in [0.1, 0.15) is 12.8 Å². The molecule has 0 bridgehead atoms. The van der Waals surface area contributed by atoms with Crippen LogP contribution in [0.25, 0.3) is 0 Å². The van der Waals surface area contributed by atoms with Gasteiger partial charge in [-0.1, -0.05) is 0 Å². The summed E-state index contributed by atoms with van der Waals surface area (Å²) in [6.45, 7) is 2.54. The predicted octanol–water partition coefficient (Wildman–Crippen LogP) is 0.861. The molecule has 0 amide bonds. The molecule has 1 aromatic heterocycles. The summed E-state index contributed by atoms with van der Waals surface area (Å²) in [5.41, 5.74) is -0.0296. The van der Waals surface area contributed by atoms with Crippen LogP contribution in [0.4, 0.5) is 5.95 Å². The Balaban J connectivity index is 1.63. The number of hydrogen-bond acceptors (Lipinski definition) is 5. The maximum atomic E-state index is 5.91. The summed E-state index contributed by atoms with van der Waals surface area (Å²) in [5, 5.41) is 0. The summed E-state index contributed by atoms with van der Waals surface area (Å²) >= 11 is 0. The zero-order valence-corrected chi connectivity index (χ0v) is 10.0. The van der Waals surface area contributed by atoms with Crippen molar-refractivity contribution in [3.63, 3.8) is 0 Å². The van der Waals surface area contributed by atoms with E-state index in [0.717, 1.165) is 38.5 Å². The number of methoxy groups -OCH3 is 1. The fraction of sp³-hybridized carbons (Fsp3) is 0.667. The van der Waals surface area contributed by atoms with Crippen molar-refractivity contribution < 1.29 is 9.47 Å². The van der Waals surface area contributed by atoms with E-state index in [0.29, 0.717) is 6.10 Å². The third kappa shape index (κ3) is 2.00. The highest BCUT2D eigenvalue weighted by molar-refractivity contribution is 5.37. The zero-order chi connectivity index (χ0) is 11.7. The highest BCUT2D eigenvalue weighted by atomic mass is 16.5. The second-order valence-electron chi connectivity index (χ2n) is 4.79. The van der Waals surface area contributed by atoms with E-state index in [2.05, 4.69) is 14.9 Å². The van der Waals surface area contributed by atoms with Crippen molar-refractivity contribution in [1.29, 1.82) is 0 Å². The minimum Gasteiger partial charge on any atom is -0.381 e. The first-order valence-electron chi connectivity index (χ1n) is 6.00. The van der Waals surface area contributed by atoms with Crippen molar-refractivity contribution in [2.24, 2.45) is 0 Å². The summed E-state index contributed by atoms with van der Waals surface area (Å²) in [7, 11) is 1.78. The van der Waals surface area contributed by atoms with Gasteiger partial charge in [-0.2, -0.15) is 0 Å². The molecular weight excluding hydrogens is 218 g/mol. The van der Waals surface area contributed by atoms with Crippen LogP contribution in [0, 0.1) is 0 Å². The summed E-state index contributed by atoms with van der Waals surface area (Å²) in [4.78, 5) is 10.6. The van der Waals surface area contributed by atoms with E-state index in [4.69, 9.17) is 9.47 Å². The van der Waals surface area contributed by atoms with Crippen LogP contribution in [0.15, 0.2) is 18.5 Å². The largest absolute Gasteiger partial charge is 0.381 e. The molecule has 0 aromatic carbocycles. The van der Waals surface area contributed by atoms with Crippen LogP contribution in [0.2, 0.25) is 0 Å². The highest BCUT2D eigenvalue weighted by Gasteiger charge is 2.48. The molecule has 2 saturated heterocycles. The third-order valence-electron chi connectivity index (χ3n) is 3.57. The molecule has 3 heterocycles. The average Bonchev–Trinajstić information content (AvgIpc) is 2.37. The topological polar surface area (TPSA) is 47.5 Å². The Labute approximate surface area is 101 Å². The normalized spacial score (nSPS) is 26.9. The lowest BCUT2D eigenvalue weighted by Crippen LogP contribution is -2.66. The minimum absolute atomic E-state index is 0.0296. The molecule has 0 saturated carbocycles. The third-order valence-corrected chi connectivity index (χ3v) is 3.57. The lowest BCUT2D eigenvalue weighted by Gasteiger charge is -2.52. The van der Waals surface area contributed by atoms with E-state index in [1.54, 1.807) is 19.5 Å². The van der Waals surface area contributed by atoms with Gasteiger partial charge in [-0.25, -0.2) is 9.97 Å². The van der Waals surface area contributed by atoms with Gasteiger partial charge in [0, 0.05) is 32.5 Å². The van der Waals surface area contributed by atoms with Crippen molar-refractivity contribution in [2.75, 3.05) is 31.7 Å². The Hall–Kier alpha value is -1.20. The van der Waals surface area contributed by atoms with Crippen molar-refractivity contribution in [3.05, 3.63) is 18.5 Å². The van der Waals surface area contributed by atoms with Gasteiger partial charge in [-0.3, -0.25) is 0 Å². The second-order valence-corrected chi connectivity index (χ2v) is 4.79. The average molecular weight is 235 g/mol. The van der Waals surface area contributed by atoms with E-state index in [-0.39, 0.29) is 5.60 Å². The Morgan fingerprint density at radius 2 is 2.18 bits per heavy atom. The zero-order valence-electron chi connectivity index (χ0n) is 10.0. The maximum Gasteiger partial charge on any atom is 0.225 e. The van der Waals surface area contributed by atoms with Crippen LogP contribution in [0.3, 0.4) is 0 Å². The van der Waals surface area contributed by atoms with Gasteiger partial charge in [0.1, 0.15) is 5.60 Å². The second kappa shape index (κ2) is 4.23. The first-order valence-corrected chi connectivity index (χ1v) is 6.00. The predicted molar refractivity (Wildman–Crippen MR) is 63.0 cm³/mol. The molecule has 2 aliphatic heterocycles. The van der Waals surface area contributed by atoms with Crippen molar-refractivity contribution >= 4 is 5.95 Å². The monoisotopic (exact) mass is 235 g/mol. The van der Waals surface area contributed by atoms with E-state index in [1.165, 1.54) is 0 Å². The first kappa shape index (κ1) is 10.9. The standard InChI is InChI=1S/C12H17N3O2/c1-16-10-3-6-17-12(7-10)8-15(9-12)11-13-4-2-5-14-11/h2,4-5,10H,3,6-9H2,1H3/t10-/m0/s1. The minimum atomic E-state index is -0.0296. The van der Waals surface area contributed by atoms with Crippen LogP contribution < -0.4 is 4.90 Å². The number of anilines is 1. The van der Waals surface area contributed by atoms with Gasteiger partial charge in [0.2, 0.25) is 5.95 Å². The number of ether oxygens (including phenoxy) is 2. The Kier molecular flexibility index (Phi) is 2.72. The van der Waals surface area contributed by atoms with Crippen molar-refractivity contribution in [1.82, 2.24) is 9.97 Å². The Morgan fingerprint density at radius 3 is 2.88 bits per heavy atom. The van der Waals surface area contributed by atoms with Gasteiger partial charge in [0.15, 0.2) is 0 Å². The molecule has 0 aliphatic carbocycles. The maximum absolute atomic E-state index is 5.91. The van der Waals surface area contributed by atoms with Gasteiger partial charge in [-0.15, -0.1) is 0 Å². The van der Waals surface area contributed by atoms with Gasteiger partial charge >= 0.3 is 0 Å². The fourth-order valence-corrected chi connectivity index (χ4v) is 2.65. The summed E-state index contributed by atoms with van der Waals surface area (Å²) in [6.07, 6.45) is 5.86. The lowest BCUT2D eigenvalue weighted by atomic mass is 9.85. The van der Waals surface area contributed by atoms with Crippen molar-refractivity contribution in [3.8, 4) is 0 Å². The van der Waals surface area contributed by atoms with E-state index >= 15 is 0 Å². The van der Waals surface area contributed by atoms with Crippen molar-refractivity contribution in [2.45, 2.75) is 24.5 Å². The van der Waals surface area contributed by atoms with Gasteiger partial charge < -0.3 is 14.4 Å². The first-order chi connectivity index (χ1) is 8.31. The molecule has 1 atom stereocenters. The number of aromatic nitrogens is 2. The molecule has 2 fully saturated rings. The quantitative estimate of drug-likeness (QED) is 0.761. The van der Waals surface area contributed by atoms with Crippen LogP contribution >= 0.6 is 0 Å². The van der Waals surface area contributed by atoms with Gasteiger partial charge in [0.05, 0.1) is 19.2 Å². The SMILES string of the molecule is CO[C@H]1CCOC2(C1)CN(c1ncccn1)C2. The van der Waals surface area contributed by atoms with Gasteiger partial charge in [0.25, 0.3) is 0 Å². The van der Waals surface area contributed by atoms with Crippen LogP contribution in [-0.2, 0) is 9.47 Å². The molecule has 1 spiro atoms.